The molecular formula is C11H17ClN2O. The van der Waals surface area contributed by atoms with Crippen LogP contribution in [0.15, 0.2) is 6.07 Å². The summed E-state index contributed by atoms with van der Waals surface area (Å²) >= 11 is 5.92. The van der Waals surface area contributed by atoms with Gasteiger partial charge in [-0.25, -0.2) is 9.97 Å². The molecule has 0 aliphatic carbocycles. The largest absolute Gasteiger partial charge is 0.374 e. The second-order valence-electron chi connectivity index (χ2n) is 3.52. The first-order valence-electron chi connectivity index (χ1n) is 5.23. The van der Waals surface area contributed by atoms with Crippen LogP contribution in [0.1, 0.15) is 44.3 Å². The summed E-state index contributed by atoms with van der Waals surface area (Å²) in [5.41, 5.74) is 0.996. The summed E-state index contributed by atoms with van der Waals surface area (Å²) in [6.45, 7) is 4.07. The van der Waals surface area contributed by atoms with E-state index in [2.05, 4.69) is 16.9 Å². The van der Waals surface area contributed by atoms with E-state index in [1.165, 1.54) is 0 Å². The Balaban J connectivity index is 2.84. The van der Waals surface area contributed by atoms with E-state index in [-0.39, 0.29) is 6.10 Å². The molecule has 1 heterocycles. The minimum Gasteiger partial charge on any atom is -0.374 e. The van der Waals surface area contributed by atoms with Crippen molar-refractivity contribution < 1.29 is 4.74 Å². The third-order valence-electron chi connectivity index (χ3n) is 2.27. The molecule has 0 saturated heterocycles. The maximum Gasteiger partial charge on any atom is 0.158 e. The summed E-state index contributed by atoms with van der Waals surface area (Å²) in [6.07, 6.45) is 3.11. The van der Waals surface area contributed by atoms with E-state index >= 15 is 0 Å². The molecule has 1 rings (SSSR count). The van der Waals surface area contributed by atoms with Crippen LogP contribution in [0.4, 0.5) is 0 Å². The molecule has 1 aromatic rings. The molecule has 0 bridgehead atoms. The maximum absolute atomic E-state index is 5.92. The normalized spacial score (nSPS) is 12.8. The lowest BCUT2D eigenvalue weighted by Crippen LogP contribution is -2.05. The van der Waals surface area contributed by atoms with Gasteiger partial charge in [-0.15, -0.1) is 0 Å². The molecule has 84 valence electrons. The number of nitrogens with zero attached hydrogens (tertiary/aromatic N) is 2. The van der Waals surface area contributed by atoms with Gasteiger partial charge in [-0.1, -0.05) is 24.9 Å². The second kappa shape index (κ2) is 6.03. The van der Waals surface area contributed by atoms with Crippen LogP contribution in [-0.2, 0) is 11.2 Å². The van der Waals surface area contributed by atoms with Crippen LogP contribution < -0.4 is 0 Å². The number of halogens is 1. The molecule has 0 aliphatic rings. The van der Waals surface area contributed by atoms with Gasteiger partial charge in [0, 0.05) is 12.8 Å². The number of aromatic nitrogens is 2. The zero-order chi connectivity index (χ0) is 11.3. The summed E-state index contributed by atoms with van der Waals surface area (Å²) in [6, 6.07) is 1.82. The van der Waals surface area contributed by atoms with E-state index in [0.29, 0.717) is 11.0 Å². The third-order valence-corrected chi connectivity index (χ3v) is 2.46. The van der Waals surface area contributed by atoms with Crippen molar-refractivity contribution in [3.05, 3.63) is 22.7 Å². The highest BCUT2D eigenvalue weighted by molar-refractivity contribution is 6.29. The number of methoxy groups -OCH3 is 1. The van der Waals surface area contributed by atoms with Gasteiger partial charge in [0.15, 0.2) is 5.82 Å². The van der Waals surface area contributed by atoms with Crippen LogP contribution in [-0.4, -0.2) is 17.1 Å². The first-order valence-corrected chi connectivity index (χ1v) is 5.61. The van der Waals surface area contributed by atoms with E-state index in [1.807, 2.05) is 13.0 Å². The second-order valence-corrected chi connectivity index (χ2v) is 3.91. The standard InChI is InChI=1S/C11H17ClN2O/c1-4-5-6-9-7-10(12)14-11(13-9)8(2)15-3/h7-8H,4-6H2,1-3H3. The van der Waals surface area contributed by atoms with Gasteiger partial charge in [0.2, 0.25) is 0 Å². The first-order chi connectivity index (χ1) is 7.17. The third kappa shape index (κ3) is 3.76. The molecule has 15 heavy (non-hydrogen) atoms. The van der Waals surface area contributed by atoms with E-state index in [0.717, 1.165) is 25.0 Å². The predicted molar refractivity (Wildman–Crippen MR) is 61.1 cm³/mol. The van der Waals surface area contributed by atoms with Crippen molar-refractivity contribution in [2.45, 2.75) is 39.2 Å². The van der Waals surface area contributed by atoms with Crippen LogP contribution in [0.2, 0.25) is 5.15 Å². The Labute approximate surface area is 95.8 Å². The highest BCUT2D eigenvalue weighted by atomic mass is 35.5. The molecule has 0 aromatic carbocycles. The van der Waals surface area contributed by atoms with Crippen LogP contribution in [0.25, 0.3) is 0 Å². The number of rotatable bonds is 5. The van der Waals surface area contributed by atoms with Gasteiger partial charge in [0.05, 0.1) is 0 Å². The molecule has 3 nitrogen and oxygen atoms in total. The van der Waals surface area contributed by atoms with Crippen molar-refractivity contribution in [2.75, 3.05) is 7.11 Å². The van der Waals surface area contributed by atoms with Gasteiger partial charge in [0.1, 0.15) is 11.3 Å². The van der Waals surface area contributed by atoms with Crippen LogP contribution in [0.5, 0.6) is 0 Å². The first kappa shape index (κ1) is 12.4. The molecule has 1 unspecified atom stereocenters. The van der Waals surface area contributed by atoms with Crippen molar-refractivity contribution >= 4 is 11.6 Å². The van der Waals surface area contributed by atoms with Crippen molar-refractivity contribution in [3.63, 3.8) is 0 Å². The lowest BCUT2D eigenvalue weighted by molar-refractivity contribution is 0.112. The number of aryl methyl sites for hydroxylation is 1. The van der Waals surface area contributed by atoms with E-state index in [1.54, 1.807) is 7.11 Å². The van der Waals surface area contributed by atoms with E-state index in [9.17, 15) is 0 Å². The minimum absolute atomic E-state index is 0.107. The number of unbranched alkanes of at least 4 members (excludes halogenated alkanes) is 1. The fourth-order valence-corrected chi connectivity index (χ4v) is 1.47. The summed E-state index contributed by atoms with van der Waals surface area (Å²) in [5, 5.41) is 0.495. The highest BCUT2D eigenvalue weighted by Crippen LogP contribution is 2.16. The SMILES string of the molecule is CCCCc1cc(Cl)nc(C(C)OC)n1. The summed E-state index contributed by atoms with van der Waals surface area (Å²) in [4.78, 5) is 8.56. The average Bonchev–Trinajstić information content (AvgIpc) is 2.24. The Hall–Kier alpha value is -0.670. The molecule has 0 amide bonds. The average molecular weight is 229 g/mol. The minimum atomic E-state index is -0.107. The molecule has 4 heteroatoms. The smallest absolute Gasteiger partial charge is 0.158 e. The Kier molecular flexibility index (Phi) is 4.99. The molecule has 0 spiro atoms. The van der Waals surface area contributed by atoms with E-state index < -0.39 is 0 Å². The van der Waals surface area contributed by atoms with Crippen LogP contribution >= 0.6 is 11.6 Å². The van der Waals surface area contributed by atoms with Gasteiger partial charge in [-0.05, 0) is 25.8 Å². The lowest BCUT2D eigenvalue weighted by Gasteiger charge is -2.09. The van der Waals surface area contributed by atoms with Crippen molar-refractivity contribution in [3.8, 4) is 0 Å². The van der Waals surface area contributed by atoms with Crippen LogP contribution in [0.3, 0.4) is 0 Å². The lowest BCUT2D eigenvalue weighted by atomic mass is 10.2. The number of ether oxygens (including phenoxy) is 1. The topological polar surface area (TPSA) is 35.0 Å². The van der Waals surface area contributed by atoms with Crippen molar-refractivity contribution in [1.82, 2.24) is 9.97 Å². The summed E-state index contributed by atoms with van der Waals surface area (Å²) in [7, 11) is 1.64. The maximum atomic E-state index is 5.92. The van der Waals surface area contributed by atoms with Crippen molar-refractivity contribution in [1.29, 1.82) is 0 Å². The summed E-state index contributed by atoms with van der Waals surface area (Å²) in [5.74, 6) is 0.663. The van der Waals surface area contributed by atoms with Gasteiger partial charge in [-0.3, -0.25) is 0 Å². The molecular weight excluding hydrogens is 212 g/mol. The molecule has 0 aliphatic heterocycles. The fourth-order valence-electron chi connectivity index (χ4n) is 1.26. The Morgan fingerprint density at radius 3 is 2.80 bits per heavy atom. The number of hydrogen-bond donors (Lipinski definition) is 0. The predicted octanol–water partition coefficient (Wildman–Crippen LogP) is 3.18. The summed E-state index contributed by atoms with van der Waals surface area (Å²) < 4.78 is 5.17. The molecule has 0 N–H and O–H groups in total. The van der Waals surface area contributed by atoms with Gasteiger partial charge in [0.25, 0.3) is 0 Å². The Morgan fingerprint density at radius 1 is 1.47 bits per heavy atom. The van der Waals surface area contributed by atoms with E-state index in [4.69, 9.17) is 16.3 Å². The Bertz CT molecular complexity index is 317. The van der Waals surface area contributed by atoms with Gasteiger partial charge < -0.3 is 4.74 Å². The fraction of sp³-hybridized carbons (Fsp3) is 0.636. The quantitative estimate of drug-likeness (QED) is 0.726. The molecule has 0 saturated carbocycles. The zero-order valence-electron chi connectivity index (χ0n) is 9.46. The monoisotopic (exact) mass is 228 g/mol. The zero-order valence-corrected chi connectivity index (χ0v) is 10.2. The molecule has 1 atom stereocenters. The van der Waals surface area contributed by atoms with Gasteiger partial charge in [-0.2, -0.15) is 0 Å². The van der Waals surface area contributed by atoms with Gasteiger partial charge >= 0.3 is 0 Å². The Morgan fingerprint density at radius 2 is 2.20 bits per heavy atom. The van der Waals surface area contributed by atoms with Crippen molar-refractivity contribution in [2.24, 2.45) is 0 Å². The molecule has 0 radical (unpaired) electrons. The molecule has 0 fully saturated rings. The highest BCUT2D eigenvalue weighted by Gasteiger charge is 2.09. The van der Waals surface area contributed by atoms with Crippen LogP contribution in [0, 0.1) is 0 Å². The number of hydrogen-bond acceptors (Lipinski definition) is 3. The molecule has 1 aromatic heterocycles.